The number of rotatable bonds is 2. The third-order valence-corrected chi connectivity index (χ3v) is 2.86. The number of amides is 1. The summed E-state index contributed by atoms with van der Waals surface area (Å²) in [4.78, 5) is 13.6. The van der Waals surface area contributed by atoms with E-state index in [9.17, 15) is 9.90 Å². The van der Waals surface area contributed by atoms with Crippen molar-refractivity contribution in [2.24, 2.45) is 5.73 Å². The summed E-state index contributed by atoms with van der Waals surface area (Å²) in [5.74, 6) is 0. The third kappa shape index (κ3) is 4.16. The van der Waals surface area contributed by atoms with Gasteiger partial charge in [0.1, 0.15) is 5.60 Å². The molecule has 0 aromatic heterocycles. The fraction of sp³-hybridized carbons (Fsp3) is 0.917. The van der Waals surface area contributed by atoms with Gasteiger partial charge in [0.05, 0.1) is 12.1 Å². The molecule has 0 unspecified atom stereocenters. The van der Waals surface area contributed by atoms with E-state index < -0.39 is 11.7 Å². The molecule has 1 aliphatic heterocycles. The van der Waals surface area contributed by atoms with Gasteiger partial charge in [0.25, 0.3) is 0 Å². The molecule has 0 saturated carbocycles. The van der Waals surface area contributed by atoms with Crippen LogP contribution in [0.4, 0.5) is 4.79 Å². The maximum absolute atomic E-state index is 12.0. The standard InChI is InChI=1S/C12H24N2O3/c1-12(2,3)17-11(16)14-7-5-4-6-9(14)10(15)8-13/h9-10,15H,4-8,13H2,1-3H3/t9-,10-/m0/s1. The van der Waals surface area contributed by atoms with E-state index in [4.69, 9.17) is 10.5 Å². The van der Waals surface area contributed by atoms with Gasteiger partial charge in [-0.1, -0.05) is 0 Å². The third-order valence-electron chi connectivity index (χ3n) is 2.86. The number of likely N-dealkylation sites (tertiary alicyclic amines) is 1. The molecule has 0 spiro atoms. The quantitative estimate of drug-likeness (QED) is 0.762. The van der Waals surface area contributed by atoms with Gasteiger partial charge >= 0.3 is 6.09 Å². The van der Waals surface area contributed by atoms with Crippen LogP contribution in [0.25, 0.3) is 0 Å². The monoisotopic (exact) mass is 244 g/mol. The number of hydrogen-bond acceptors (Lipinski definition) is 4. The van der Waals surface area contributed by atoms with Crippen LogP contribution in [-0.4, -0.2) is 46.9 Å². The highest BCUT2D eigenvalue weighted by Crippen LogP contribution is 2.22. The van der Waals surface area contributed by atoms with Crippen molar-refractivity contribution in [2.45, 2.75) is 57.8 Å². The largest absolute Gasteiger partial charge is 0.444 e. The van der Waals surface area contributed by atoms with E-state index in [2.05, 4.69) is 0 Å². The Balaban J connectivity index is 2.67. The first-order valence-electron chi connectivity index (χ1n) is 6.23. The van der Waals surface area contributed by atoms with Crippen LogP contribution in [0.1, 0.15) is 40.0 Å². The lowest BCUT2D eigenvalue weighted by atomic mass is 9.98. The van der Waals surface area contributed by atoms with Crippen LogP contribution in [0.3, 0.4) is 0 Å². The molecule has 1 aliphatic rings. The highest BCUT2D eigenvalue weighted by atomic mass is 16.6. The van der Waals surface area contributed by atoms with E-state index in [1.54, 1.807) is 4.90 Å². The van der Waals surface area contributed by atoms with Gasteiger partial charge in [-0.05, 0) is 40.0 Å². The van der Waals surface area contributed by atoms with Crippen LogP contribution in [0.2, 0.25) is 0 Å². The average molecular weight is 244 g/mol. The Bertz CT molecular complexity index is 263. The fourth-order valence-electron chi connectivity index (χ4n) is 2.06. The molecule has 5 nitrogen and oxygen atoms in total. The maximum atomic E-state index is 12.0. The Morgan fingerprint density at radius 2 is 2.18 bits per heavy atom. The van der Waals surface area contributed by atoms with Crippen molar-refractivity contribution >= 4 is 6.09 Å². The maximum Gasteiger partial charge on any atom is 0.410 e. The molecule has 17 heavy (non-hydrogen) atoms. The van der Waals surface area contributed by atoms with Crippen molar-refractivity contribution in [1.82, 2.24) is 4.90 Å². The molecule has 0 aromatic carbocycles. The Kier molecular flexibility index (Phi) is 4.77. The van der Waals surface area contributed by atoms with E-state index in [1.165, 1.54) is 0 Å². The predicted molar refractivity (Wildman–Crippen MR) is 65.6 cm³/mol. The van der Waals surface area contributed by atoms with Gasteiger partial charge in [0, 0.05) is 13.1 Å². The molecule has 0 radical (unpaired) electrons. The molecule has 0 aliphatic carbocycles. The average Bonchev–Trinajstić information content (AvgIpc) is 2.25. The molecule has 0 aromatic rings. The lowest BCUT2D eigenvalue weighted by molar-refractivity contribution is -0.0143. The number of nitrogens with two attached hydrogens (primary N) is 1. The van der Waals surface area contributed by atoms with Crippen molar-refractivity contribution in [3.63, 3.8) is 0 Å². The first-order chi connectivity index (χ1) is 7.85. The highest BCUT2D eigenvalue weighted by molar-refractivity contribution is 5.68. The molecule has 0 bridgehead atoms. The van der Waals surface area contributed by atoms with Crippen LogP contribution in [0.15, 0.2) is 0 Å². The number of aliphatic hydroxyl groups excluding tert-OH is 1. The zero-order chi connectivity index (χ0) is 13.1. The molecular formula is C12H24N2O3. The zero-order valence-corrected chi connectivity index (χ0v) is 11.0. The first-order valence-corrected chi connectivity index (χ1v) is 6.23. The van der Waals surface area contributed by atoms with E-state index in [0.29, 0.717) is 6.54 Å². The van der Waals surface area contributed by atoms with Crippen molar-refractivity contribution in [2.75, 3.05) is 13.1 Å². The van der Waals surface area contributed by atoms with E-state index in [-0.39, 0.29) is 18.7 Å². The van der Waals surface area contributed by atoms with E-state index in [0.717, 1.165) is 19.3 Å². The molecule has 1 saturated heterocycles. The lowest BCUT2D eigenvalue weighted by Crippen LogP contribution is -2.53. The Morgan fingerprint density at radius 1 is 1.53 bits per heavy atom. The number of carbonyl (C=O) groups is 1. The molecule has 1 heterocycles. The van der Waals surface area contributed by atoms with Gasteiger partial charge in [0.15, 0.2) is 0 Å². The second kappa shape index (κ2) is 5.69. The second-order valence-corrected chi connectivity index (χ2v) is 5.54. The summed E-state index contributed by atoms with van der Waals surface area (Å²) < 4.78 is 5.34. The minimum Gasteiger partial charge on any atom is -0.444 e. The van der Waals surface area contributed by atoms with Crippen LogP contribution in [0.5, 0.6) is 0 Å². The number of carbonyl (C=O) groups excluding carboxylic acids is 1. The molecule has 5 heteroatoms. The first kappa shape index (κ1) is 14.3. The fourth-order valence-corrected chi connectivity index (χ4v) is 2.06. The van der Waals surface area contributed by atoms with Gasteiger partial charge in [-0.15, -0.1) is 0 Å². The summed E-state index contributed by atoms with van der Waals surface area (Å²) in [5, 5.41) is 9.83. The number of ether oxygens (including phenoxy) is 1. The van der Waals surface area contributed by atoms with E-state index >= 15 is 0 Å². The predicted octanol–water partition coefficient (Wildman–Crippen LogP) is 1.10. The minimum absolute atomic E-state index is 0.171. The normalized spacial score (nSPS) is 23.4. The summed E-state index contributed by atoms with van der Waals surface area (Å²) >= 11 is 0. The molecule has 1 fully saturated rings. The highest BCUT2D eigenvalue weighted by Gasteiger charge is 2.33. The molecular weight excluding hydrogens is 220 g/mol. The van der Waals surface area contributed by atoms with Crippen LogP contribution >= 0.6 is 0 Å². The topological polar surface area (TPSA) is 75.8 Å². The smallest absolute Gasteiger partial charge is 0.410 e. The summed E-state index contributed by atoms with van der Waals surface area (Å²) in [6.45, 7) is 6.32. The number of nitrogens with zero attached hydrogens (tertiary/aromatic N) is 1. The summed E-state index contributed by atoms with van der Waals surface area (Å²) in [7, 11) is 0. The number of hydrogen-bond donors (Lipinski definition) is 2. The minimum atomic E-state index is -0.664. The molecule has 2 atom stereocenters. The number of piperidine rings is 1. The second-order valence-electron chi connectivity index (χ2n) is 5.54. The molecule has 1 amide bonds. The van der Waals surface area contributed by atoms with Gasteiger partial charge in [-0.25, -0.2) is 4.79 Å². The summed E-state index contributed by atoms with van der Waals surface area (Å²) in [6, 6.07) is -0.205. The molecule has 1 rings (SSSR count). The Labute approximate surface area is 103 Å². The van der Waals surface area contributed by atoms with E-state index in [1.807, 2.05) is 20.8 Å². The van der Waals surface area contributed by atoms with Crippen molar-refractivity contribution in [1.29, 1.82) is 0 Å². The Hall–Kier alpha value is -0.810. The van der Waals surface area contributed by atoms with Gasteiger partial charge in [-0.2, -0.15) is 0 Å². The summed E-state index contributed by atoms with van der Waals surface area (Å²) in [5.41, 5.74) is 4.96. The Morgan fingerprint density at radius 3 is 2.71 bits per heavy atom. The molecule has 3 N–H and O–H groups in total. The van der Waals surface area contributed by atoms with Gasteiger partial charge < -0.3 is 20.5 Å². The van der Waals surface area contributed by atoms with Crippen LogP contribution < -0.4 is 5.73 Å². The molecule has 100 valence electrons. The SMILES string of the molecule is CC(C)(C)OC(=O)N1CCCC[C@H]1[C@@H](O)CN. The number of aliphatic hydroxyl groups is 1. The lowest BCUT2D eigenvalue weighted by Gasteiger charge is -2.38. The zero-order valence-electron chi connectivity index (χ0n) is 11.0. The van der Waals surface area contributed by atoms with Crippen molar-refractivity contribution < 1.29 is 14.6 Å². The van der Waals surface area contributed by atoms with Crippen LogP contribution in [-0.2, 0) is 4.74 Å². The summed E-state index contributed by atoms with van der Waals surface area (Å²) in [6.07, 6.45) is 1.74. The van der Waals surface area contributed by atoms with Crippen molar-refractivity contribution in [3.8, 4) is 0 Å². The van der Waals surface area contributed by atoms with Crippen molar-refractivity contribution in [3.05, 3.63) is 0 Å². The van der Waals surface area contributed by atoms with Gasteiger partial charge in [-0.3, -0.25) is 0 Å². The van der Waals surface area contributed by atoms with Gasteiger partial charge in [0.2, 0.25) is 0 Å². The van der Waals surface area contributed by atoms with Crippen LogP contribution in [0, 0.1) is 0 Å².